The molecule has 2 aromatic carbocycles. The Morgan fingerprint density at radius 1 is 1.14 bits per heavy atom. The molecule has 0 spiro atoms. The van der Waals surface area contributed by atoms with Gasteiger partial charge in [0.05, 0.1) is 6.61 Å². The van der Waals surface area contributed by atoms with Gasteiger partial charge in [-0.1, -0.05) is 29.8 Å². The SMILES string of the molecule is Cc1ccc(NC(=O)COc2ccc(CCNC(=O)C3CNCCO3)cc2)cc1. The molecule has 2 aromatic rings. The summed E-state index contributed by atoms with van der Waals surface area (Å²) in [5.74, 6) is 0.329. The predicted octanol–water partition coefficient (Wildman–Crippen LogP) is 1.66. The molecule has 1 aliphatic rings. The van der Waals surface area contributed by atoms with Crippen molar-refractivity contribution < 1.29 is 19.1 Å². The third-order valence-electron chi connectivity index (χ3n) is 4.56. The maximum atomic E-state index is 12.0. The normalized spacial score (nSPS) is 16.1. The van der Waals surface area contributed by atoms with E-state index in [2.05, 4.69) is 16.0 Å². The molecule has 1 heterocycles. The fourth-order valence-electron chi connectivity index (χ4n) is 2.91. The van der Waals surface area contributed by atoms with Gasteiger partial charge >= 0.3 is 0 Å². The third-order valence-corrected chi connectivity index (χ3v) is 4.56. The molecule has 1 saturated heterocycles. The molecule has 2 amide bonds. The molecular formula is C22H27N3O4. The summed E-state index contributed by atoms with van der Waals surface area (Å²) in [6, 6.07) is 15.1. The van der Waals surface area contributed by atoms with Gasteiger partial charge < -0.3 is 25.4 Å². The van der Waals surface area contributed by atoms with Crippen LogP contribution in [0.3, 0.4) is 0 Å². The molecule has 1 unspecified atom stereocenters. The second-order valence-corrected chi connectivity index (χ2v) is 6.95. The van der Waals surface area contributed by atoms with Crippen molar-refractivity contribution in [2.75, 3.05) is 38.2 Å². The van der Waals surface area contributed by atoms with Crippen LogP contribution in [0.15, 0.2) is 48.5 Å². The number of ether oxygens (including phenoxy) is 2. The molecule has 1 fully saturated rings. The van der Waals surface area contributed by atoms with E-state index in [4.69, 9.17) is 9.47 Å². The first kappa shape index (κ1) is 20.8. The Bertz CT molecular complexity index is 800. The zero-order valence-electron chi connectivity index (χ0n) is 16.6. The summed E-state index contributed by atoms with van der Waals surface area (Å²) >= 11 is 0. The lowest BCUT2D eigenvalue weighted by molar-refractivity contribution is -0.134. The Kier molecular flexibility index (Phi) is 7.61. The molecule has 0 aliphatic carbocycles. The summed E-state index contributed by atoms with van der Waals surface area (Å²) in [5, 5.41) is 8.83. The molecule has 3 rings (SSSR count). The molecule has 1 aliphatic heterocycles. The maximum Gasteiger partial charge on any atom is 0.262 e. The van der Waals surface area contributed by atoms with Crippen LogP contribution in [0.5, 0.6) is 5.75 Å². The van der Waals surface area contributed by atoms with Crippen molar-refractivity contribution in [3.8, 4) is 5.75 Å². The van der Waals surface area contributed by atoms with Crippen molar-refractivity contribution >= 4 is 17.5 Å². The number of rotatable bonds is 8. The van der Waals surface area contributed by atoms with Crippen LogP contribution in [0.25, 0.3) is 0 Å². The summed E-state index contributed by atoms with van der Waals surface area (Å²) < 4.78 is 11.0. The molecule has 0 aromatic heterocycles. The minimum atomic E-state index is -0.411. The number of aryl methyl sites for hydroxylation is 1. The van der Waals surface area contributed by atoms with Gasteiger partial charge in [-0.3, -0.25) is 9.59 Å². The van der Waals surface area contributed by atoms with Crippen LogP contribution in [0.4, 0.5) is 5.69 Å². The smallest absolute Gasteiger partial charge is 0.262 e. The van der Waals surface area contributed by atoms with E-state index in [1.807, 2.05) is 55.5 Å². The number of nitrogens with one attached hydrogen (secondary N) is 3. The minimum absolute atomic E-state index is 0.0568. The Morgan fingerprint density at radius 2 is 1.90 bits per heavy atom. The van der Waals surface area contributed by atoms with Crippen LogP contribution in [0, 0.1) is 6.92 Å². The van der Waals surface area contributed by atoms with Crippen LogP contribution in [0.1, 0.15) is 11.1 Å². The second-order valence-electron chi connectivity index (χ2n) is 6.95. The first-order valence-electron chi connectivity index (χ1n) is 9.78. The van der Waals surface area contributed by atoms with Crippen molar-refractivity contribution in [1.29, 1.82) is 0 Å². The number of hydrogen-bond donors (Lipinski definition) is 3. The maximum absolute atomic E-state index is 12.0. The fourth-order valence-corrected chi connectivity index (χ4v) is 2.91. The molecule has 0 radical (unpaired) electrons. The van der Waals surface area contributed by atoms with Crippen molar-refractivity contribution in [3.63, 3.8) is 0 Å². The fraction of sp³-hybridized carbons (Fsp3) is 0.364. The van der Waals surface area contributed by atoms with E-state index < -0.39 is 6.10 Å². The first-order valence-corrected chi connectivity index (χ1v) is 9.78. The van der Waals surface area contributed by atoms with Gasteiger partial charge in [-0.25, -0.2) is 0 Å². The second kappa shape index (κ2) is 10.6. The van der Waals surface area contributed by atoms with Gasteiger partial charge in [-0.2, -0.15) is 0 Å². The van der Waals surface area contributed by atoms with Crippen molar-refractivity contribution in [3.05, 3.63) is 59.7 Å². The summed E-state index contributed by atoms with van der Waals surface area (Å²) in [4.78, 5) is 24.0. The number of anilines is 1. The van der Waals surface area contributed by atoms with Crippen molar-refractivity contribution in [1.82, 2.24) is 10.6 Å². The quantitative estimate of drug-likeness (QED) is 0.631. The highest BCUT2D eigenvalue weighted by molar-refractivity contribution is 5.91. The number of carbonyl (C=O) groups excluding carboxylic acids is 2. The third kappa shape index (κ3) is 6.89. The van der Waals surface area contributed by atoms with E-state index in [9.17, 15) is 9.59 Å². The molecule has 3 N–H and O–H groups in total. The van der Waals surface area contributed by atoms with E-state index in [0.717, 1.165) is 23.4 Å². The van der Waals surface area contributed by atoms with Gasteiger partial charge in [0, 0.05) is 25.3 Å². The van der Waals surface area contributed by atoms with Gasteiger partial charge in [-0.05, 0) is 43.2 Å². The molecule has 0 bridgehead atoms. The van der Waals surface area contributed by atoms with E-state index in [0.29, 0.717) is 31.9 Å². The standard InChI is InChI=1S/C22H27N3O4/c1-16-2-6-18(7-3-16)25-21(26)15-29-19-8-4-17(5-9-19)10-11-24-22(27)20-14-23-12-13-28-20/h2-9,20,23H,10-15H2,1H3,(H,24,27)(H,25,26). The predicted molar refractivity (Wildman–Crippen MR) is 111 cm³/mol. The van der Waals surface area contributed by atoms with E-state index in [-0.39, 0.29) is 18.4 Å². The lowest BCUT2D eigenvalue weighted by Crippen LogP contribution is -2.48. The molecule has 29 heavy (non-hydrogen) atoms. The Hall–Kier alpha value is -2.90. The topological polar surface area (TPSA) is 88.7 Å². The zero-order chi connectivity index (χ0) is 20.5. The summed E-state index contributed by atoms with van der Waals surface area (Å²) in [6.45, 7) is 4.37. The highest BCUT2D eigenvalue weighted by Gasteiger charge is 2.20. The average molecular weight is 397 g/mol. The van der Waals surface area contributed by atoms with E-state index in [1.165, 1.54) is 0 Å². The van der Waals surface area contributed by atoms with E-state index >= 15 is 0 Å². The number of morpholine rings is 1. The van der Waals surface area contributed by atoms with Crippen LogP contribution >= 0.6 is 0 Å². The average Bonchev–Trinajstić information content (AvgIpc) is 2.75. The molecule has 1 atom stereocenters. The number of carbonyl (C=O) groups is 2. The minimum Gasteiger partial charge on any atom is -0.484 e. The van der Waals surface area contributed by atoms with Crippen LogP contribution in [0.2, 0.25) is 0 Å². The number of hydrogen-bond acceptors (Lipinski definition) is 5. The monoisotopic (exact) mass is 397 g/mol. The lowest BCUT2D eigenvalue weighted by Gasteiger charge is -2.22. The van der Waals surface area contributed by atoms with E-state index in [1.54, 1.807) is 0 Å². The van der Waals surface area contributed by atoms with Gasteiger partial charge in [0.15, 0.2) is 6.61 Å². The van der Waals surface area contributed by atoms with Gasteiger partial charge in [0.2, 0.25) is 5.91 Å². The van der Waals surface area contributed by atoms with Crippen LogP contribution in [-0.4, -0.2) is 50.8 Å². The summed E-state index contributed by atoms with van der Waals surface area (Å²) in [6.07, 6.45) is 0.297. The van der Waals surface area contributed by atoms with Gasteiger partial charge in [0.1, 0.15) is 11.9 Å². The van der Waals surface area contributed by atoms with Crippen molar-refractivity contribution in [2.45, 2.75) is 19.4 Å². The van der Waals surface area contributed by atoms with Gasteiger partial charge in [-0.15, -0.1) is 0 Å². The van der Waals surface area contributed by atoms with Gasteiger partial charge in [0.25, 0.3) is 5.91 Å². The first-order chi connectivity index (χ1) is 14.1. The summed E-state index contributed by atoms with van der Waals surface area (Å²) in [7, 11) is 0. The lowest BCUT2D eigenvalue weighted by atomic mass is 10.1. The highest BCUT2D eigenvalue weighted by Crippen LogP contribution is 2.13. The molecule has 154 valence electrons. The van der Waals surface area contributed by atoms with Crippen LogP contribution in [-0.2, 0) is 20.7 Å². The molecule has 7 nitrogen and oxygen atoms in total. The number of benzene rings is 2. The summed E-state index contributed by atoms with van der Waals surface area (Å²) in [5.41, 5.74) is 2.96. The van der Waals surface area contributed by atoms with Crippen LogP contribution < -0.4 is 20.7 Å². The zero-order valence-corrected chi connectivity index (χ0v) is 16.6. The largest absolute Gasteiger partial charge is 0.484 e. The molecule has 7 heteroatoms. The molecular weight excluding hydrogens is 370 g/mol. The highest BCUT2D eigenvalue weighted by atomic mass is 16.5. The Balaban J connectivity index is 1.36. The molecule has 0 saturated carbocycles. The number of amides is 2. The Labute approximate surface area is 170 Å². The Morgan fingerprint density at radius 3 is 2.59 bits per heavy atom. The van der Waals surface area contributed by atoms with Crippen molar-refractivity contribution in [2.24, 2.45) is 0 Å².